The van der Waals surface area contributed by atoms with E-state index >= 15 is 0 Å². The maximum Gasteiger partial charge on any atom is 0.257 e. The van der Waals surface area contributed by atoms with Crippen LogP contribution in [-0.2, 0) is 0 Å². The first-order chi connectivity index (χ1) is 17.4. The number of nitrogens with one attached hydrogen (secondary N) is 2. The highest BCUT2D eigenvalue weighted by Crippen LogP contribution is 2.37. The molecule has 0 aliphatic carbocycles. The zero-order valence-electron chi connectivity index (χ0n) is 19.6. The molecule has 4 aromatic rings. The van der Waals surface area contributed by atoms with Gasteiger partial charge in [0, 0.05) is 35.0 Å². The summed E-state index contributed by atoms with van der Waals surface area (Å²) in [6.45, 7) is 0. The molecular weight excluding hydrogens is 485 g/mol. The SMILES string of the molecule is COc1ccc(C(=O)NC(=S)Nc2ccc(Oc3ccnc4cc(OC)c(OC)cc34)c(F)c2)cc1. The number of carbonyl (C=O) groups is 1. The van der Waals surface area contributed by atoms with Crippen molar-refractivity contribution >= 4 is 39.8 Å². The molecule has 0 fully saturated rings. The minimum Gasteiger partial charge on any atom is -0.497 e. The fourth-order valence-corrected chi connectivity index (χ4v) is 3.61. The molecule has 4 rings (SSSR count). The molecule has 0 saturated heterocycles. The van der Waals surface area contributed by atoms with Crippen molar-refractivity contribution in [2.75, 3.05) is 26.6 Å². The minimum atomic E-state index is -0.630. The Labute approximate surface area is 212 Å². The highest BCUT2D eigenvalue weighted by Gasteiger charge is 2.14. The number of ether oxygens (including phenoxy) is 4. The third kappa shape index (κ3) is 5.44. The molecular formula is C26H22FN3O5S. The van der Waals surface area contributed by atoms with Crippen LogP contribution in [0.5, 0.6) is 28.7 Å². The predicted octanol–water partition coefficient (Wildman–Crippen LogP) is 5.32. The molecule has 0 saturated carbocycles. The Morgan fingerprint density at radius 1 is 0.861 bits per heavy atom. The van der Waals surface area contributed by atoms with Crippen LogP contribution in [-0.4, -0.2) is 37.3 Å². The summed E-state index contributed by atoms with van der Waals surface area (Å²) >= 11 is 5.19. The van der Waals surface area contributed by atoms with Gasteiger partial charge in [0.25, 0.3) is 5.91 Å². The van der Waals surface area contributed by atoms with Gasteiger partial charge in [0.15, 0.2) is 28.2 Å². The first kappa shape index (κ1) is 24.7. The second-order valence-corrected chi connectivity index (χ2v) is 7.83. The van der Waals surface area contributed by atoms with Gasteiger partial charge in [-0.2, -0.15) is 0 Å². The number of fused-ring (bicyclic) bond motifs is 1. The smallest absolute Gasteiger partial charge is 0.257 e. The quantitative estimate of drug-likeness (QED) is 0.325. The van der Waals surface area contributed by atoms with Gasteiger partial charge < -0.3 is 24.3 Å². The molecule has 0 aliphatic rings. The number of anilines is 1. The topological polar surface area (TPSA) is 90.9 Å². The average Bonchev–Trinajstić information content (AvgIpc) is 2.89. The lowest BCUT2D eigenvalue weighted by Gasteiger charge is -2.14. The molecule has 2 N–H and O–H groups in total. The Balaban J connectivity index is 1.47. The van der Waals surface area contributed by atoms with Crippen LogP contribution in [0.15, 0.2) is 66.9 Å². The summed E-state index contributed by atoms with van der Waals surface area (Å²) in [5.74, 6) is 0.990. The summed E-state index contributed by atoms with van der Waals surface area (Å²) in [6, 6.07) is 15.9. The second kappa shape index (κ2) is 10.9. The van der Waals surface area contributed by atoms with Crippen LogP contribution in [0.2, 0.25) is 0 Å². The summed E-state index contributed by atoms with van der Waals surface area (Å²) in [7, 11) is 4.60. The molecule has 0 spiro atoms. The van der Waals surface area contributed by atoms with Crippen molar-refractivity contribution < 1.29 is 28.1 Å². The zero-order chi connectivity index (χ0) is 25.7. The lowest BCUT2D eigenvalue weighted by Crippen LogP contribution is -2.34. The summed E-state index contributed by atoms with van der Waals surface area (Å²) < 4.78 is 36.5. The minimum absolute atomic E-state index is 0.00368. The van der Waals surface area contributed by atoms with Crippen molar-refractivity contribution in [1.82, 2.24) is 10.3 Å². The number of hydrogen-bond donors (Lipinski definition) is 2. The van der Waals surface area contributed by atoms with Crippen molar-refractivity contribution in [3.63, 3.8) is 0 Å². The van der Waals surface area contributed by atoms with Gasteiger partial charge in [0.1, 0.15) is 11.5 Å². The number of pyridine rings is 1. The van der Waals surface area contributed by atoms with Crippen LogP contribution in [0.4, 0.5) is 10.1 Å². The molecule has 8 nitrogen and oxygen atoms in total. The van der Waals surface area contributed by atoms with Crippen LogP contribution < -0.4 is 29.6 Å². The summed E-state index contributed by atoms with van der Waals surface area (Å²) in [5, 5.41) is 5.99. The Bertz CT molecular complexity index is 1430. The fourth-order valence-electron chi connectivity index (χ4n) is 3.40. The molecule has 1 amide bonds. The van der Waals surface area contributed by atoms with Gasteiger partial charge in [-0.3, -0.25) is 15.1 Å². The number of carbonyl (C=O) groups excluding carboxylic acids is 1. The number of rotatable bonds is 7. The highest BCUT2D eigenvalue weighted by atomic mass is 32.1. The number of methoxy groups -OCH3 is 3. The normalized spacial score (nSPS) is 10.4. The number of hydrogen-bond acceptors (Lipinski definition) is 7. The molecule has 36 heavy (non-hydrogen) atoms. The Kier molecular flexibility index (Phi) is 7.45. The van der Waals surface area contributed by atoms with E-state index in [9.17, 15) is 9.18 Å². The molecule has 0 unspecified atom stereocenters. The van der Waals surface area contributed by atoms with Crippen molar-refractivity contribution in [2.45, 2.75) is 0 Å². The van der Waals surface area contributed by atoms with E-state index in [2.05, 4.69) is 15.6 Å². The number of amides is 1. The van der Waals surface area contributed by atoms with Gasteiger partial charge in [-0.1, -0.05) is 0 Å². The third-order valence-electron chi connectivity index (χ3n) is 5.20. The fraction of sp³-hybridized carbons (Fsp3) is 0.115. The molecule has 1 heterocycles. The van der Waals surface area contributed by atoms with Crippen LogP contribution >= 0.6 is 12.2 Å². The van der Waals surface area contributed by atoms with Crippen LogP contribution in [0.1, 0.15) is 10.4 Å². The maximum atomic E-state index is 14.9. The number of halogens is 1. The monoisotopic (exact) mass is 507 g/mol. The van der Waals surface area contributed by atoms with E-state index in [0.29, 0.717) is 45.2 Å². The molecule has 3 aromatic carbocycles. The summed E-state index contributed by atoms with van der Waals surface area (Å²) in [4.78, 5) is 16.7. The third-order valence-corrected chi connectivity index (χ3v) is 5.40. The maximum absolute atomic E-state index is 14.9. The first-order valence-electron chi connectivity index (χ1n) is 10.7. The average molecular weight is 508 g/mol. The number of nitrogens with zero attached hydrogens (tertiary/aromatic N) is 1. The van der Waals surface area contributed by atoms with Gasteiger partial charge in [0.2, 0.25) is 0 Å². The van der Waals surface area contributed by atoms with Crippen LogP contribution in [0.3, 0.4) is 0 Å². The predicted molar refractivity (Wildman–Crippen MR) is 138 cm³/mol. The number of thiocarbonyl (C=S) groups is 1. The van der Waals surface area contributed by atoms with Crippen LogP contribution in [0, 0.1) is 5.82 Å². The number of aromatic nitrogens is 1. The van der Waals surface area contributed by atoms with Crippen molar-refractivity contribution in [3.05, 3.63) is 78.2 Å². The molecule has 184 valence electrons. The standard InChI is InChI=1S/C26H22FN3O5S/c1-32-17-7-4-15(5-8-17)25(31)30-26(36)29-16-6-9-22(19(27)12-16)35-21-10-11-28-20-14-24(34-3)23(33-2)13-18(20)21/h4-14H,1-3H3,(H2,29,30,31,36). The Hall–Kier alpha value is -4.44. The lowest BCUT2D eigenvalue weighted by molar-refractivity contribution is 0.0977. The second-order valence-electron chi connectivity index (χ2n) is 7.42. The molecule has 0 aliphatic heterocycles. The van der Waals surface area contributed by atoms with E-state index in [-0.39, 0.29) is 10.9 Å². The van der Waals surface area contributed by atoms with Gasteiger partial charge in [0.05, 0.1) is 26.8 Å². The van der Waals surface area contributed by atoms with E-state index in [1.54, 1.807) is 54.7 Å². The zero-order valence-corrected chi connectivity index (χ0v) is 20.4. The molecule has 0 atom stereocenters. The summed E-state index contributed by atoms with van der Waals surface area (Å²) in [5.41, 5.74) is 1.33. The van der Waals surface area contributed by atoms with Crippen LogP contribution in [0.25, 0.3) is 10.9 Å². The number of benzene rings is 3. The van der Waals surface area contributed by atoms with Gasteiger partial charge in [-0.05, 0) is 60.7 Å². The first-order valence-corrected chi connectivity index (χ1v) is 11.1. The largest absolute Gasteiger partial charge is 0.497 e. The van der Waals surface area contributed by atoms with Crippen molar-refractivity contribution in [3.8, 4) is 28.7 Å². The molecule has 0 radical (unpaired) electrons. The lowest BCUT2D eigenvalue weighted by atomic mass is 10.2. The van der Waals surface area contributed by atoms with E-state index < -0.39 is 11.7 Å². The van der Waals surface area contributed by atoms with Gasteiger partial charge in [-0.25, -0.2) is 4.39 Å². The van der Waals surface area contributed by atoms with Gasteiger partial charge in [-0.15, -0.1) is 0 Å². The highest BCUT2D eigenvalue weighted by molar-refractivity contribution is 7.80. The van der Waals surface area contributed by atoms with E-state index in [0.717, 1.165) is 0 Å². The van der Waals surface area contributed by atoms with E-state index in [1.807, 2.05) is 0 Å². The molecule has 10 heteroatoms. The van der Waals surface area contributed by atoms with E-state index in [4.69, 9.17) is 31.2 Å². The van der Waals surface area contributed by atoms with Crippen molar-refractivity contribution in [1.29, 1.82) is 0 Å². The van der Waals surface area contributed by atoms with E-state index in [1.165, 1.54) is 33.5 Å². The molecule has 0 bridgehead atoms. The Morgan fingerprint density at radius 2 is 1.58 bits per heavy atom. The Morgan fingerprint density at radius 3 is 2.25 bits per heavy atom. The van der Waals surface area contributed by atoms with Gasteiger partial charge >= 0.3 is 0 Å². The summed E-state index contributed by atoms with van der Waals surface area (Å²) in [6.07, 6.45) is 1.56. The molecule has 1 aromatic heterocycles. The van der Waals surface area contributed by atoms with Crippen molar-refractivity contribution in [2.24, 2.45) is 0 Å².